The van der Waals surface area contributed by atoms with Crippen LogP contribution in [0.2, 0.25) is 5.02 Å². The Morgan fingerprint density at radius 3 is 2.48 bits per heavy atom. The average molecular weight is 389 g/mol. The Morgan fingerprint density at radius 1 is 1.20 bits per heavy atom. The maximum atomic E-state index is 12.3. The van der Waals surface area contributed by atoms with Crippen LogP contribution in [0.5, 0.6) is 0 Å². The van der Waals surface area contributed by atoms with Gasteiger partial charge in [-0.05, 0) is 35.9 Å². The Bertz CT molecular complexity index is 894. The number of thioether (sulfide) groups is 1. The lowest BCUT2D eigenvalue weighted by atomic mass is 10.1. The van der Waals surface area contributed by atoms with Crippen LogP contribution in [0.1, 0.15) is 15.9 Å². The van der Waals surface area contributed by atoms with Crippen molar-refractivity contribution in [3.8, 4) is 0 Å². The molecule has 1 aliphatic heterocycles. The van der Waals surface area contributed by atoms with Crippen LogP contribution in [0, 0.1) is 0 Å². The van der Waals surface area contributed by atoms with Crippen molar-refractivity contribution in [3.63, 3.8) is 0 Å². The third-order valence-corrected chi connectivity index (χ3v) is 5.39. The summed E-state index contributed by atoms with van der Waals surface area (Å²) in [6, 6.07) is 14.0. The molecular weight excluding hydrogens is 376 g/mol. The lowest BCUT2D eigenvalue weighted by Crippen LogP contribution is -2.22. The van der Waals surface area contributed by atoms with Gasteiger partial charge in [0, 0.05) is 12.6 Å². The van der Waals surface area contributed by atoms with Crippen molar-refractivity contribution < 1.29 is 9.59 Å². The zero-order valence-electron chi connectivity index (χ0n) is 13.2. The number of benzene rings is 2. The highest BCUT2D eigenvalue weighted by Crippen LogP contribution is 2.31. The normalized spacial score (nSPS) is 15.8. The molecule has 1 saturated heterocycles. The second-order valence-electron chi connectivity index (χ2n) is 5.30. The summed E-state index contributed by atoms with van der Waals surface area (Å²) in [6.07, 6.45) is 1.76. The minimum absolute atomic E-state index is 0.115. The van der Waals surface area contributed by atoms with Gasteiger partial charge in [-0.2, -0.15) is 0 Å². The summed E-state index contributed by atoms with van der Waals surface area (Å²) in [5, 5.41) is 3.25. The molecule has 0 saturated carbocycles. The molecule has 1 aliphatic rings. The van der Waals surface area contributed by atoms with Gasteiger partial charge >= 0.3 is 0 Å². The van der Waals surface area contributed by atoms with Crippen molar-refractivity contribution >= 4 is 63.5 Å². The molecule has 2 aromatic rings. The van der Waals surface area contributed by atoms with Gasteiger partial charge in [0.1, 0.15) is 4.32 Å². The highest BCUT2D eigenvalue weighted by atomic mass is 35.5. The van der Waals surface area contributed by atoms with Crippen LogP contribution in [0.25, 0.3) is 6.08 Å². The SMILES string of the molecule is CN1C(=O)/C(=C\c2ccc(C(=O)Nc3ccccc3Cl)cc2)SC1=S. The zero-order valence-corrected chi connectivity index (χ0v) is 15.5. The molecular formula is C18H13ClN2O2S2. The van der Waals surface area contributed by atoms with Crippen molar-refractivity contribution in [2.24, 2.45) is 0 Å². The van der Waals surface area contributed by atoms with E-state index in [0.717, 1.165) is 5.56 Å². The van der Waals surface area contributed by atoms with Gasteiger partial charge in [0.25, 0.3) is 11.8 Å². The number of anilines is 1. The second kappa shape index (κ2) is 7.39. The molecule has 0 unspecified atom stereocenters. The Kier molecular flexibility index (Phi) is 5.22. The third-order valence-electron chi connectivity index (χ3n) is 3.58. The zero-order chi connectivity index (χ0) is 18.0. The number of amides is 2. The number of hydrogen-bond donors (Lipinski definition) is 1. The van der Waals surface area contributed by atoms with E-state index < -0.39 is 0 Å². The quantitative estimate of drug-likeness (QED) is 0.624. The number of hydrogen-bond acceptors (Lipinski definition) is 4. The van der Waals surface area contributed by atoms with Crippen molar-refractivity contribution in [1.82, 2.24) is 4.90 Å². The maximum Gasteiger partial charge on any atom is 0.265 e. The average Bonchev–Trinajstić information content (AvgIpc) is 2.84. The predicted molar refractivity (Wildman–Crippen MR) is 107 cm³/mol. The lowest BCUT2D eigenvalue weighted by Gasteiger charge is -2.07. The molecule has 0 spiro atoms. The number of likely N-dealkylation sites (N-methyl/N-ethyl adjacent to an activating group) is 1. The molecule has 2 amide bonds. The summed E-state index contributed by atoms with van der Waals surface area (Å²) < 4.78 is 0.534. The van der Waals surface area contributed by atoms with Crippen LogP contribution in [0.15, 0.2) is 53.4 Å². The number of nitrogens with zero attached hydrogens (tertiary/aromatic N) is 1. The molecule has 1 fully saturated rings. The predicted octanol–water partition coefficient (Wildman–Crippen LogP) is 4.42. The molecule has 0 bridgehead atoms. The van der Waals surface area contributed by atoms with E-state index in [9.17, 15) is 9.59 Å². The molecule has 126 valence electrons. The summed E-state index contributed by atoms with van der Waals surface area (Å²) in [4.78, 5) is 26.3. The highest BCUT2D eigenvalue weighted by Gasteiger charge is 2.28. The summed E-state index contributed by atoms with van der Waals surface area (Å²) in [6.45, 7) is 0. The van der Waals surface area contributed by atoms with Gasteiger partial charge in [0.05, 0.1) is 15.6 Å². The van der Waals surface area contributed by atoms with Crippen LogP contribution in [-0.4, -0.2) is 28.1 Å². The topological polar surface area (TPSA) is 49.4 Å². The molecule has 0 aliphatic carbocycles. The molecule has 7 heteroatoms. The van der Waals surface area contributed by atoms with E-state index in [-0.39, 0.29) is 11.8 Å². The van der Waals surface area contributed by atoms with Crippen molar-refractivity contribution in [2.75, 3.05) is 12.4 Å². The van der Waals surface area contributed by atoms with Crippen molar-refractivity contribution in [1.29, 1.82) is 0 Å². The number of rotatable bonds is 3. The first kappa shape index (κ1) is 17.7. The number of para-hydroxylation sites is 1. The Labute approximate surface area is 159 Å². The molecule has 0 aromatic heterocycles. The molecule has 3 rings (SSSR count). The van der Waals surface area contributed by atoms with Crippen LogP contribution < -0.4 is 5.32 Å². The Morgan fingerprint density at radius 2 is 1.88 bits per heavy atom. The van der Waals surface area contributed by atoms with E-state index >= 15 is 0 Å². The summed E-state index contributed by atoms with van der Waals surface area (Å²) in [5.74, 6) is -0.366. The molecule has 0 radical (unpaired) electrons. The van der Waals surface area contributed by atoms with Crippen molar-refractivity contribution in [2.45, 2.75) is 0 Å². The third kappa shape index (κ3) is 3.92. The molecule has 1 heterocycles. The van der Waals surface area contributed by atoms with E-state index in [0.29, 0.717) is 25.5 Å². The molecule has 1 N–H and O–H groups in total. The summed E-state index contributed by atoms with van der Waals surface area (Å²) >= 11 is 12.4. The van der Waals surface area contributed by atoms with E-state index in [1.807, 2.05) is 0 Å². The fourth-order valence-electron chi connectivity index (χ4n) is 2.18. The maximum absolute atomic E-state index is 12.3. The molecule has 0 atom stereocenters. The molecule has 2 aromatic carbocycles. The first-order valence-corrected chi connectivity index (χ1v) is 8.93. The van der Waals surface area contributed by atoms with Gasteiger partial charge in [0.2, 0.25) is 0 Å². The number of nitrogens with one attached hydrogen (secondary N) is 1. The van der Waals surface area contributed by atoms with Crippen molar-refractivity contribution in [3.05, 3.63) is 69.6 Å². The van der Waals surface area contributed by atoms with Crippen LogP contribution in [0.4, 0.5) is 5.69 Å². The van der Waals surface area contributed by atoms with Gasteiger partial charge < -0.3 is 5.32 Å². The Balaban J connectivity index is 1.74. The van der Waals surface area contributed by atoms with Gasteiger partial charge in [-0.1, -0.05) is 59.8 Å². The second-order valence-corrected chi connectivity index (χ2v) is 7.38. The summed E-state index contributed by atoms with van der Waals surface area (Å²) in [7, 11) is 1.65. The van der Waals surface area contributed by atoms with Crippen LogP contribution >= 0.6 is 35.6 Å². The fraction of sp³-hybridized carbons (Fsp3) is 0.0556. The smallest absolute Gasteiger partial charge is 0.265 e. The number of halogens is 1. The van der Waals surface area contributed by atoms with Gasteiger partial charge in [-0.15, -0.1) is 0 Å². The van der Waals surface area contributed by atoms with Crippen LogP contribution in [0.3, 0.4) is 0 Å². The molecule has 25 heavy (non-hydrogen) atoms. The first-order chi connectivity index (χ1) is 12.0. The van der Waals surface area contributed by atoms with E-state index in [1.165, 1.54) is 16.7 Å². The monoisotopic (exact) mass is 388 g/mol. The number of carbonyl (C=O) groups is 2. The summed E-state index contributed by atoms with van der Waals surface area (Å²) in [5.41, 5.74) is 1.88. The standard InChI is InChI=1S/C18H13ClN2O2S2/c1-21-17(23)15(25-18(21)24)10-11-6-8-12(9-7-11)16(22)20-14-5-3-2-4-13(14)19/h2-10H,1H3,(H,20,22)/b15-10+. The number of thiocarbonyl (C=S) groups is 1. The van der Waals surface area contributed by atoms with E-state index in [4.69, 9.17) is 23.8 Å². The first-order valence-electron chi connectivity index (χ1n) is 7.33. The minimum atomic E-state index is -0.250. The fourth-order valence-corrected chi connectivity index (χ4v) is 3.55. The largest absolute Gasteiger partial charge is 0.321 e. The number of carbonyl (C=O) groups excluding carboxylic acids is 2. The lowest BCUT2D eigenvalue weighted by molar-refractivity contribution is -0.121. The van der Waals surface area contributed by atoms with Gasteiger partial charge in [-0.25, -0.2) is 0 Å². The minimum Gasteiger partial charge on any atom is -0.321 e. The molecule has 4 nitrogen and oxygen atoms in total. The van der Waals surface area contributed by atoms with E-state index in [2.05, 4.69) is 5.32 Å². The van der Waals surface area contributed by atoms with Gasteiger partial charge in [-0.3, -0.25) is 14.5 Å². The van der Waals surface area contributed by atoms with Gasteiger partial charge in [0.15, 0.2) is 0 Å². The van der Waals surface area contributed by atoms with E-state index in [1.54, 1.807) is 61.7 Å². The Hall–Kier alpha value is -2.15. The van der Waals surface area contributed by atoms with Crippen LogP contribution in [-0.2, 0) is 4.79 Å². The highest BCUT2D eigenvalue weighted by molar-refractivity contribution is 8.26.